The highest BCUT2D eigenvalue weighted by molar-refractivity contribution is 4.90. The van der Waals surface area contributed by atoms with Crippen molar-refractivity contribution in [2.24, 2.45) is 0 Å². The Morgan fingerprint density at radius 2 is 2.17 bits per heavy atom. The van der Waals surface area contributed by atoms with Gasteiger partial charge in [-0.2, -0.15) is 0 Å². The van der Waals surface area contributed by atoms with Crippen LogP contribution in [0.15, 0.2) is 12.3 Å². The van der Waals surface area contributed by atoms with Gasteiger partial charge in [0.1, 0.15) is 12.2 Å². The maximum Gasteiger partial charge on any atom is 0.116 e. The summed E-state index contributed by atoms with van der Waals surface area (Å²) in [6.07, 6.45) is 7.22. The van der Waals surface area contributed by atoms with Crippen molar-refractivity contribution < 1.29 is 9.47 Å². The minimum atomic E-state index is 0.0499. The Bertz CT molecular complexity index is 148. The number of ether oxygens (including phenoxy) is 2. The molecule has 0 atom stereocenters. The van der Waals surface area contributed by atoms with Crippen LogP contribution in [0.25, 0.3) is 0 Å². The van der Waals surface area contributed by atoms with Gasteiger partial charge in [0, 0.05) is 6.61 Å². The van der Waals surface area contributed by atoms with Gasteiger partial charge in [0.15, 0.2) is 0 Å². The average Bonchev–Trinajstić information content (AvgIpc) is 2.00. The first-order valence-electron chi connectivity index (χ1n) is 4.70. The normalized spacial score (nSPS) is 20.8. The van der Waals surface area contributed by atoms with Gasteiger partial charge in [-0.05, 0) is 33.1 Å². The fourth-order valence-electron chi connectivity index (χ4n) is 1.50. The zero-order valence-electron chi connectivity index (χ0n) is 8.01. The lowest BCUT2D eigenvalue weighted by atomic mass is 9.81. The van der Waals surface area contributed by atoms with Gasteiger partial charge in [-0.25, -0.2) is 0 Å². The quantitative estimate of drug-likeness (QED) is 0.590. The molecule has 0 aromatic rings. The van der Waals surface area contributed by atoms with E-state index in [1.165, 1.54) is 6.42 Å². The van der Waals surface area contributed by atoms with Gasteiger partial charge >= 0.3 is 0 Å². The minimum Gasteiger partial charge on any atom is -0.499 e. The van der Waals surface area contributed by atoms with Crippen LogP contribution in [0, 0.1) is 0 Å². The molecule has 0 saturated heterocycles. The molecule has 0 unspecified atom stereocenters. The molecule has 1 aliphatic rings. The molecular weight excluding hydrogens is 152 g/mol. The van der Waals surface area contributed by atoms with Crippen molar-refractivity contribution in [2.75, 3.05) is 13.2 Å². The predicted octanol–water partition coefficient (Wildman–Crippen LogP) is 2.50. The van der Waals surface area contributed by atoms with E-state index in [1.54, 1.807) is 6.26 Å². The van der Waals surface area contributed by atoms with Crippen LogP contribution < -0.4 is 0 Å². The third kappa shape index (κ3) is 2.24. The molecule has 0 radical (unpaired) electrons. The van der Waals surface area contributed by atoms with Crippen molar-refractivity contribution in [2.45, 2.75) is 38.7 Å². The summed E-state index contributed by atoms with van der Waals surface area (Å²) in [5.74, 6) is 0. The molecule has 2 nitrogen and oxygen atoms in total. The maximum absolute atomic E-state index is 5.65. The first-order valence-corrected chi connectivity index (χ1v) is 4.70. The molecule has 1 saturated carbocycles. The molecule has 1 rings (SSSR count). The molecule has 0 spiro atoms. The summed E-state index contributed by atoms with van der Waals surface area (Å²) in [6.45, 7) is 5.49. The van der Waals surface area contributed by atoms with Crippen molar-refractivity contribution in [1.29, 1.82) is 0 Å². The first kappa shape index (κ1) is 9.59. The standard InChI is InChI=1S/C10H18O2/c1-3-8-11-9-10(12-4-2)6-5-7-10/h3,8H,4-7,9H2,1-2H3. The molecule has 0 bridgehead atoms. The zero-order valence-corrected chi connectivity index (χ0v) is 8.01. The van der Waals surface area contributed by atoms with Crippen LogP contribution in [0.5, 0.6) is 0 Å². The highest BCUT2D eigenvalue weighted by atomic mass is 16.5. The lowest BCUT2D eigenvalue weighted by Gasteiger charge is -2.40. The van der Waals surface area contributed by atoms with E-state index in [0.29, 0.717) is 6.61 Å². The van der Waals surface area contributed by atoms with Crippen LogP contribution in [0.1, 0.15) is 33.1 Å². The number of hydrogen-bond donors (Lipinski definition) is 0. The van der Waals surface area contributed by atoms with E-state index in [4.69, 9.17) is 9.47 Å². The summed E-state index contributed by atoms with van der Waals surface area (Å²) in [5.41, 5.74) is 0.0499. The lowest BCUT2D eigenvalue weighted by Crippen LogP contribution is -2.44. The van der Waals surface area contributed by atoms with Gasteiger partial charge in [-0.1, -0.05) is 6.08 Å². The van der Waals surface area contributed by atoms with Crippen molar-refractivity contribution in [3.8, 4) is 0 Å². The summed E-state index contributed by atoms with van der Waals surface area (Å²) in [4.78, 5) is 0. The van der Waals surface area contributed by atoms with Crippen LogP contribution in [0.2, 0.25) is 0 Å². The highest BCUT2D eigenvalue weighted by Gasteiger charge is 2.38. The van der Waals surface area contributed by atoms with Gasteiger partial charge in [-0.15, -0.1) is 0 Å². The molecule has 0 N–H and O–H groups in total. The number of rotatable bonds is 5. The predicted molar refractivity (Wildman–Crippen MR) is 49.0 cm³/mol. The largest absolute Gasteiger partial charge is 0.499 e. The van der Waals surface area contributed by atoms with E-state index in [-0.39, 0.29) is 5.60 Å². The summed E-state index contributed by atoms with van der Waals surface area (Å²) in [6, 6.07) is 0. The second kappa shape index (κ2) is 4.51. The Balaban J connectivity index is 2.24. The highest BCUT2D eigenvalue weighted by Crippen LogP contribution is 2.35. The smallest absolute Gasteiger partial charge is 0.116 e. The van der Waals surface area contributed by atoms with Gasteiger partial charge < -0.3 is 9.47 Å². The second-order valence-electron chi connectivity index (χ2n) is 3.25. The van der Waals surface area contributed by atoms with E-state index in [0.717, 1.165) is 19.4 Å². The van der Waals surface area contributed by atoms with Gasteiger partial charge in [0.2, 0.25) is 0 Å². The Morgan fingerprint density at radius 3 is 2.58 bits per heavy atom. The van der Waals surface area contributed by atoms with Gasteiger partial charge in [-0.3, -0.25) is 0 Å². The summed E-state index contributed by atoms with van der Waals surface area (Å²) < 4.78 is 11.0. The van der Waals surface area contributed by atoms with Crippen molar-refractivity contribution >= 4 is 0 Å². The molecule has 1 fully saturated rings. The maximum atomic E-state index is 5.65. The Hall–Kier alpha value is -0.500. The molecule has 0 aromatic carbocycles. The zero-order chi connectivity index (χ0) is 8.86. The van der Waals surface area contributed by atoms with Crippen molar-refractivity contribution in [3.05, 3.63) is 12.3 Å². The van der Waals surface area contributed by atoms with Crippen LogP contribution in [-0.2, 0) is 9.47 Å². The topological polar surface area (TPSA) is 18.5 Å². The Morgan fingerprint density at radius 1 is 1.42 bits per heavy atom. The molecule has 0 aromatic heterocycles. The molecule has 0 aliphatic heterocycles. The van der Waals surface area contributed by atoms with E-state index in [2.05, 4.69) is 0 Å². The lowest BCUT2D eigenvalue weighted by molar-refractivity contribution is -0.126. The fourth-order valence-corrected chi connectivity index (χ4v) is 1.50. The van der Waals surface area contributed by atoms with Gasteiger partial charge in [0.25, 0.3) is 0 Å². The molecule has 1 aliphatic carbocycles. The van der Waals surface area contributed by atoms with E-state index >= 15 is 0 Å². The van der Waals surface area contributed by atoms with Crippen molar-refractivity contribution in [3.63, 3.8) is 0 Å². The third-order valence-corrected chi connectivity index (χ3v) is 2.29. The van der Waals surface area contributed by atoms with Gasteiger partial charge in [0.05, 0.1) is 6.26 Å². The Labute approximate surface area is 74.6 Å². The van der Waals surface area contributed by atoms with E-state index < -0.39 is 0 Å². The Kier molecular flexibility index (Phi) is 3.60. The summed E-state index contributed by atoms with van der Waals surface area (Å²) in [5, 5.41) is 0. The molecule has 12 heavy (non-hydrogen) atoms. The van der Waals surface area contributed by atoms with Crippen LogP contribution in [-0.4, -0.2) is 18.8 Å². The number of hydrogen-bond acceptors (Lipinski definition) is 2. The average molecular weight is 170 g/mol. The minimum absolute atomic E-state index is 0.0499. The third-order valence-electron chi connectivity index (χ3n) is 2.29. The second-order valence-corrected chi connectivity index (χ2v) is 3.25. The summed E-state index contributed by atoms with van der Waals surface area (Å²) >= 11 is 0. The molecule has 0 amide bonds. The monoisotopic (exact) mass is 170 g/mol. The molecule has 0 heterocycles. The molecule has 70 valence electrons. The molecular formula is C10H18O2. The van der Waals surface area contributed by atoms with Crippen LogP contribution >= 0.6 is 0 Å². The van der Waals surface area contributed by atoms with Crippen LogP contribution in [0.3, 0.4) is 0 Å². The fraction of sp³-hybridized carbons (Fsp3) is 0.800. The molecule has 2 heteroatoms. The van der Waals surface area contributed by atoms with E-state index in [9.17, 15) is 0 Å². The number of allylic oxidation sites excluding steroid dienone is 1. The van der Waals surface area contributed by atoms with Crippen LogP contribution in [0.4, 0.5) is 0 Å². The van der Waals surface area contributed by atoms with E-state index in [1.807, 2.05) is 19.9 Å². The SMILES string of the molecule is CC=COCC1(OCC)CCC1. The first-order chi connectivity index (χ1) is 5.83. The van der Waals surface area contributed by atoms with Crippen molar-refractivity contribution in [1.82, 2.24) is 0 Å². The summed E-state index contributed by atoms with van der Waals surface area (Å²) in [7, 11) is 0.